The summed E-state index contributed by atoms with van der Waals surface area (Å²) in [7, 11) is 0. The van der Waals surface area contributed by atoms with Gasteiger partial charge in [-0.05, 0) is 38.1 Å². The van der Waals surface area contributed by atoms with Gasteiger partial charge in [-0.15, -0.1) is 0 Å². The predicted octanol–water partition coefficient (Wildman–Crippen LogP) is 3.45. The Morgan fingerprint density at radius 3 is 2.62 bits per heavy atom. The van der Waals surface area contributed by atoms with Gasteiger partial charge in [-0.2, -0.15) is 0 Å². The summed E-state index contributed by atoms with van der Waals surface area (Å²) in [5.74, 6) is 0.560. The molecule has 1 aromatic carbocycles. The molecule has 0 spiro atoms. The third-order valence-corrected chi connectivity index (χ3v) is 2.43. The summed E-state index contributed by atoms with van der Waals surface area (Å²) in [6.07, 6.45) is -0.679. The lowest BCUT2D eigenvalue weighted by molar-refractivity contribution is 0.170. The highest BCUT2D eigenvalue weighted by Crippen LogP contribution is 2.27. The quantitative estimate of drug-likeness (QED) is 0.840. The Labute approximate surface area is 93.3 Å². The van der Waals surface area contributed by atoms with Crippen molar-refractivity contribution in [1.29, 1.82) is 0 Å². The lowest BCUT2D eigenvalue weighted by atomic mass is 10.1. The normalized spacial score (nSPS) is 12.8. The van der Waals surface area contributed by atoms with Crippen molar-refractivity contribution in [2.45, 2.75) is 20.0 Å². The van der Waals surface area contributed by atoms with Gasteiger partial charge in [-0.3, -0.25) is 0 Å². The summed E-state index contributed by atoms with van der Waals surface area (Å²) in [6, 6.07) is 8.16. The van der Waals surface area contributed by atoms with Gasteiger partial charge in [0.15, 0.2) is 0 Å². The fourth-order valence-electron chi connectivity index (χ4n) is 1.55. The van der Waals surface area contributed by atoms with Gasteiger partial charge in [0.1, 0.15) is 23.4 Å². The average molecular weight is 220 g/mol. The van der Waals surface area contributed by atoms with Gasteiger partial charge in [0.25, 0.3) is 0 Å². The van der Waals surface area contributed by atoms with Crippen LogP contribution in [0.5, 0.6) is 0 Å². The molecule has 2 rings (SSSR count). The first kappa shape index (κ1) is 10.9. The molecule has 2 aromatic rings. The van der Waals surface area contributed by atoms with E-state index in [0.717, 1.165) is 5.56 Å². The van der Waals surface area contributed by atoms with E-state index in [2.05, 4.69) is 0 Å². The van der Waals surface area contributed by atoms with Gasteiger partial charge in [-0.1, -0.05) is 11.6 Å². The molecule has 3 heteroatoms. The van der Waals surface area contributed by atoms with Gasteiger partial charge < -0.3 is 9.52 Å². The lowest BCUT2D eigenvalue weighted by Gasteiger charge is -2.02. The molecule has 0 saturated carbocycles. The number of rotatable bonds is 2. The van der Waals surface area contributed by atoms with Crippen molar-refractivity contribution in [3.8, 4) is 11.3 Å². The van der Waals surface area contributed by atoms with E-state index < -0.39 is 6.10 Å². The first-order valence-corrected chi connectivity index (χ1v) is 5.12. The smallest absolute Gasteiger partial charge is 0.137 e. The molecule has 1 atom stereocenters. The number of aliphatic hydroxyl groups excluding tert-OH is 1. The zero-order valence-electron chi connectivity index (χ0n) is 9.20. The Hall–Kier alpha value is -1.61. The number of aliphatic hydroxyl groups is 1. The molecule has 2 nitrogen and oxygen atoms in total. The molecule has 1 unspecified atom stereocenters. The van der Waals surface area contributed by atoms with Crippen molar-refractivity contribution in [2.24, 2.45) is 0 Å². The largest absolute Gasteiger partial charge is 0.458 e. The van der Waals surface area contributed by atoms with Crippen LogP contribution in [0.3, 0.4) is 0 Å². The Balaban J connectivity index is 2.46. The number of furan rings is 1. The second kappa shape index (κ2) is 4.10. The van der Waals surface area contributed by atoms with Crippen LogP contribution in [0.25, 0.3) is 11.3 Å². The fourth-order valence-corrected chi connectivity index (χ4v) is 1.55. The topological polar surface area (TPSA) is 33.4 Å². The average Bonchev–Trinajstić information content (AvgIpc) is 2.70. The minimum Gasteiger partial charge on any atom is -0.458 e. The number of benzene rings is 1. The minimum absolute atomic E-state index is 0.322. The van der Waals surface area contributed by atoms with Crippen molar-refractivity contribution < 1.29 is 13.9 Å². The Kier molecular flexibility index (Phi) is 2.79. The summed E-state index contributed by atoms with van der Waals surface area (Å²) in [6.45, 7) is 3.50. The molecular weight excluding hydrogens is 207 g/mol. The van der Waals surface area contributed by atoms with Crippen LogP contribution >= 0.6 is 0 Å². The molecular formula is C13H13FO2. The molecule has 0 aliphatic rings. The molecule has 16 heavy (non-hydrogen) atoms. The molecule has 0 radical (unpaired) electrons. The van der Waals surface area contributed by atoms with Gasteiger partial charge in [0, 0.05) is 0 Å². The maximum Gasteiger partial charge on any atom is 0.137 e. The number of halogens is 1. The van der Waals surface area contributed by atoms with E-state index in [4.69, 9.17) is 4.42 Å². The van der Waals surface area contributed by atoms with E-state index in [0.29, 0.717) is 17.1 Å². The van der Waals surface area contributed by atoms with E-state index in [-0.39, 0.29) is 5.82 Å². The van der Waals surface area contributed by atoms with Gasteiger partial charge in [0.2, 0.25) is 0 Å². The van der Waals surface area contributed by atoms with E-state index in [1.165, 1.54) is 6.07 Å². The van der Waals surface area contributed by atoms with E-state index in [9.17, 15) is 9.50 Å². The summed E-state index contributed by atoms with van der Waals surface area (Å²) in [5, 5.41) is 9.32. The van der Waals surface area contributed by atoms with Gasteiger partial charge >= 0.3 is 0 Å². The molecule has 0 amide bonds. The van der Waals surface area contributed by atoms with Crippen LogP contribution < -0.4 is 0 Å². The van der Waals surface area contributed by atoms with Crippen LogP contribution in [-0.2, 0) is 0 Å². The highest BCUT2D eigenvalue weighted by molar-refractivity contribution is 5.59. The zero-order chi connectivity index (χ0) is 11.7. The molecule has 1 heterocycles. The highest BCUT2D eigenvalue weighted by atomic mass is 19.1. The Bertz CT molecular complexity index is 500. The highest BCUT2D eigenvalue weighted by Gasteiger charge is 2.12. The molecule has 1 aromatic heterocycles. The molecule has 0 saturated heterocycles. The van der Waals surface area contributed by atoms with Crippen molar-refractivity contribution in [2.75, 3.05) is 0 Å². The third-order valence-electron chi connectivity index (χ3n) is 2.43. The minimum atomic E-state index is -0.679. The monoisotopic (exact) mass is 220 g/mol. The molecule has 0 fully saturated rings. The summed E-state index contributed by atoms with van der Waals surface area (Å²) in [5.41, 5.74) is 1.39. The molecule has 0 bridgehead atoms. The maximum absolute atomic E-state index is 13.5. The summed E-state index contributed by atoms with van der Waals surface area (Å²) < 4.78 is 18.9. The van der Waals surface area contributed by atoms with Crippen LogP contribution in [-0.4, -0.2) is 5.11 Å². The van der Waals surface area contributed by atoms with Crippen molar-refractivity contribution in [1.82, 2.24) is 0 Å². The first-order chi connectivity index (χ1) is 7.58. The molecule has 84 valence electrons. The molecule has 0 aliphatic carbocycles. The van der Waals surface area contributed by atoms with Crippen molar-refractivity contribution in [3.05, 3.63) is 47.5 Å². The summed E-state index contributed by atoms with van der Waals surface area (Å²) >= 11 is 0. The van der Waals surface area contributed by atoms with E-state index in [1.807, 2.05) is 6.92 Å². The van der Waals surface area contributed by atoms with Crippen molar-refractivity contribution in [3.63, 3.8) is 0 Å². The predicted molar refractivity (Wildman–Crippen MR) is 59.5 cm³/mol. The number of hydrogen-bond acceptors (Lipinski definition) is 2. The van der Waals surface area contributed by atoms with Gasteiger partial charge in [0.05, 0.1) is 5.56 Å². The molecule has 0 aliphatic heterocycles. The summed E-state index contributed by atoms with van der Waals surface area (Å²) in [4.78, 5) is 0. The maximum atomic E-state index is 13.5. The SMILES string of the molecule is Cc1ccc(F)c(-c2ccc(C(C)O)o2)c1. The Morgan fingerprint density at radius 1 is 1.25 bits per heavy atom. The second-order valence-corrected chi connectivity index (χ2v) is 3.86. The zero-order valence-corrected chi connectivity index (χ0v) is 9.20. The Morgan fingerprint density at radius 2 is 2.00 bits per heavy atom. The van der Waals surface area contributed by atoms with Crippen LogP contribution in [0.2, 0.25) is 0 Å². The van der Waals surface area contributed by atoms with Gasteiger partial charge in [-0.25, -0.2) is 4.39 Å². The number of aryl methyl sites for hydroxylation is 1. The van der Waals surface area contributed by atoms with Crippen molar-refractivity contribution >= 4 is 0 Å². The van der Waals surface area contributed by atoms with Crippen LogP contribution in [0.15, 0.2) is 34.7 Å². The fraction of sp³-hybridized carbons (Fsp3) is 0.231. The van der Waals surface area contributed by atoms with E-state index in [1.54, 1.807) is 31.2 Å². The van der Waals surface area contributed by atoms with Crippen LogP contribution in [0.4, 0.5) is 4.39 Å². The lowest BCUT2D eigenvalue weighted by Crippen LogP contribution is -1.86. The third kappa shape index (κ3) is 1.99. The molecule has 1 N–H and O–H groups in total. The second-order valence-electron chi connectivity index (χ2n) is 3.86. The van der Waals surface area contributed by atoms with E-state index >= 15 is 0 Å². The number of hydrogen-bond donors (Lipinski definition) is 1. The van der Waals surface area contributed by atoms with Crippen LogP contribution in [0, 0.1) is 12.7 Å². The first-order valence-electron chi connectivity index (χ1n) is 5.12. The standard InChI is InChI=1S/C13H13FO2/c1-8-3-4-11(14)10(7-8)13-6-5-12(16-13)9(2)15/h3-7,9,15H,1-2H3. The van der Waals surface area contributed by atoms with Crippen LogP contribution in [0.1, 0.15) is 24.4 Å².